The molecule has 0 aliphatic heterocycles. The molecule has 1 atom stereocenters. The summed E-state index contributed by atoms with van der Waals surface area (Å²) in [6.07, 6.45) is -4.89. The van der Waals surface area contributed by atoms with Crippen LogP contribution < -0.4 is 10.5 Å². The Kier molecular flexibility index (Phi) is 3.61. The summed E-state index contributed by atoms with van der Waals surface area (Å²) in [7, 11) is 0. The van der Waals surface area contributed by atoms with Crippen LogP contribution in [0.1, 0.15) is 12.5 Å². The summed E-state index contributed by atoms with van der Waals surface area (Å²) < 4.78 is 42.4. The van der Waals surface area contributed by atoms with Crippen molar-refractivity contribution >= 4 is 10.8 Å². The highest BCUT2D eigenvalue weighted by Gasteiger charge is 2.38. The zero-order chi connectivity index (χ0) is 14.0. The van der Waals surface area contributed by atoms with Crippen molar-refractivity contribution in [2.45, 2.75) is 25.7 Å². The van der Waals surface area contributed by atoms with E-state index in [1.54, 1.807) is 24.3 Å². The van der Waals surface area contributed by atoms with E-state index in [4.69, 9.17) is 10.5 Å². The topological polar surface area (TPSA) is 48.1 Å². The first-order valence-corrected chi connectivity index (χ1v) is 5.73. The van der Waals surface area contributed by atoms with Crippen molar-refractivity contribution < 1.29 is 17.9 Å². The monoisotopic (exact) mass is 270 g/mol. The predicted molar refractivity (Wildman–Crippen MR) is 65.8 cm³/mol. The van der Waals surface area contributed by atoms with Crippen LogP contribution in [0.15, 0.2) is 30.5 Å². The minimum absolute atomic E-state index is 0.0300. The van der Waals surface area contributed by atoms with Gasteiger partial charge in [-0.05, 0) is 23.9 Å². The highest BCUT2D eigenvalue weighted by Crippen LogP contribution is 2.30. The maximum absolute atomic E-state index is 12.5. The number of alkyl halides is 3. The molecule has 2 rings (SSSR count). The fraction of sp³-hybridized carbons (Fsp3) is 0.308. The second-order valence-electron chi connectivity index (χ2n) is 4.14. The number of nitrogens with zero attached hydrogens (tertiary/aromatic N) is 1. The molecule has 1 aromatic carbocycles. The average molecular weight is 270 g/mol. The summed E-state index contributed by atoms with van der Waals surface area (Å²) in [6.45, 7) is 1.22. The fourth-order valence-electron chi connectivity index (χ4n) is 1.72. The van der Waals surface area contributed by atoms with Gasteiger partial charge in [0, 0.05) is 18.1 Å². The van der Waals surface area contributed by atoms with Gasteiger partial charge in [0.1, 0.15) is 0 Å². The number of hydrogen-bond acceptors (Lipinski definition) is 3. The highest BCUT2D eigenvalue weighted by molar-refractivity contribution is 5.89. The largest absolute Gasteiger partial charge is 0.465 e. The SMILES string of the molecule is CC(Oc1ncc(CN)c2ccccc12)C(F)(F)F. The van der Waals surface area contributed by atoms with E-state index in [2.05, 4.69) is 4.98 Å². The minimum Gasteiger partial charge on any atom is -0.465 e. The van der Waals surface area contributed by atoms with Gasteiger partial charge < -0.3 is 10.5 Å². The Hall–Kier alpha value is -1.82. The Bertz CT molecular complexity index is 584. The van der Waals surface area contributed by atoms with Gasteiger partial charge in [-0.15, -0.1) is 0 Å². The van der Waals surface area contributed by atoms with E-state index in [-0.39, 0.29) is 12.4 Å². The Morgan fingerprint density at radius 1 is 1.26 bits per heavy atom. The molecule has 0 saturated carbocycles. The first kappa shape index (κ1) is 13.6. The van der Waals surface area contributed by atoms with Crippen LogP contribution in [-0.2, 0) is 6.54 Å². The van der Waals surface area contributed by atoms with E-state index in [0.717, 1.165) is 17.9 Å². The Morgan fingerprint density at radius 3 is 2.47 bits per heavy atom. The van der Waals surface area contributed by atoms with E-state index in [0.29, 0.717) is 5.39 Å². The van der Waals surface area contributed by atoms with Gasteiger partial charge in [-0.3, -0.25) is 0 Å². The van der Waals surface area contributed by atoms with E-state index < -0.39 is 12.3 Å². The molecule has 0 fully saturated rings. The first-order valence-electron chi connectivity index (χ1n) is 5.73. The zero-order valence-corrected chi connectivity index (χ0v) is 10.2. The molecule has 0 bridgehead atoms. The van der Waals surface area contributed by atoms with Gasteiger partial charge in [-0.25, -0.2) is 4.98 Å². The Labute approximate surface area is 108 Å². The van der Waals surface area contributed by atoms with E-state index in [1.807, 2.05) is 0 Å². The van der Waals surface area contributed by atoms with Crippen molar-refractivity contribution in [1.29, 1.82) is 0 Å². The summed E-state index contributed by atoms with van der Waals surface area (Å²) in [5, 5.41) is 1.28. The molecule has 0 spiro atoms. The van der Waals surface area contributed by atoms with Gasteiger partial charge in [-0.2, -0.15) is 13.2 Å². The lowest BCUT2D eigenvalue weighted by Gasteiger charge is -2.18. The van der Waals surface area contributed by atoms with Crippen molar-refractivity contribution in [2.75, 3.05) is 0 Å². The van der Waals surface area contributed by atoms with Gasteiger partial charge in [-0.1, -0.05) is 18.2 Å². The third-order valence-electron chi connectivity index (χ3n) is 2.81. The van der Waals surface area contributed by atoms with Crippen molar-refractivity contribution in [3.05, 3.63) is 36.0 Å². The van der Waals surface area contributed by atoms with Gasteiger partial charge in [0.05, 0.1) is 0 Å². The van der Waals surface area contributed by atoms with Gasteiger partial charge in [0.2, 0.25) is 5.88 Å². The third kappa shape index (κ3) is 2.78. The predicted octanol–water partition coefficient (Wildman–Crippen LogP) is 3.02. The number of ether oxygens (including phenoxy) is 1. The normalized spacial score (nSPS) is 13.5. The number of benzene rings is 1. The van der Waals surface area contributed by atoms with Gasteiger partial charge >= 0.3 is 6.18 Å². The van der Waals surface area contributed by atoms with Gasteiger partial charge in [0.25, 0.3) is 0 Å². The lowest BCUT2D eigenvalue weighted by Crippen LogP contribution is -2.31. The molecule has 6 heteroatoms. The molecule has 1 heterocycles. The molecule has 2 aromatic rings. The van der Waals surface area contributed by atoms with Crippen LogP contribution in [-0.4, -0.2) is 17.3 Å². The zero-order valence-electron chi connectivity index (χ0n) is 10.2. The number of rotatable bonds is 3. The Balaban J connectivity index is 2.45. The van der Waals surface area contributed by atoms with Crippen molar-refractivity contribution in [2.24, 2.45) is 5.73 Å². The number of aromatic nitrogens is 1. The molecule has 19 heavy (non-hydrogen) atoms. The van der Waals surface area contributed by atoms with E-state index in [9.17, 15) is 13.2 Å². The summed E-state index contributed by atoms with van der Waals surface area (Å²) in [5.74, 6) is -0.0300. The van der Waals surface area contributed by atoms with Crippen LogP contribution in [0.5, 0.6) is 5.88 Å². The molecular formula is C13H13F3N2O. The summed E-state index contributed by atoms with van der Waals surface area (Å²) in [6, 6.07) is 6.96. The number of halogens is 3. The highest BCUT2D eigenvalue weighted by atomic mass is 19.4. The lowest BCUT2D eigenvalue weighted by atomic mass is 10.1. The van der Waals surface area contributed by atoms with Crippen LogP contribution in [0.3, 0.4) is 0 Å². The van der Waals surface area contributed by atoms with Crippen LogP contribution in [0.25, 0.3) is 10.8 Å². The number of nitrogens with two attached hydrogens (primary N) is 1. The molecule has 102 valence electrons. The quantitative estimate of drug-likeness (QED) is 0.932. The maximum Gasteiger partial charge on any atom is 0.425 e. The van der Waals surface area contributed by atoms with Crippen molar-refractivity contribution in [3.63, 3.8) is 0 Å². The van der Waals surface area contributed by atoms with Crippen LogP contribution in [0, 0.1) is 0 Å². The maximum atomic E-state index is 12.5. The van der Waals surface area contributed by atoms with Crippen LogP contribution >= 0.6 is 0 Å². The number of fused-ring (bicyclic) bond motifs is 1. The molecule has 0 radical (unpaired) electrons. The lowest BCUT2D eigenvalue weighted by molar-refractivity contribution is -0.189. The molecule has 0 saturated heterocycles. The second-order valence-corrected chi connectivity index (χ2v) is 4.14. The fourth-order valence-corrected chi connectivity index (χ4v) is 1.72. The standard InChI is InChI=1S/C13H13F3N2O/c1-8(13(14,15)16)19-12-11-5-3-2-4-10(11)9(6-17)7-18-12/h2-5,7-8H,6,17H2,1H3. The second kappa shape index (κ2) is 5.05. The first-order chi connectivity index (χ1) is 8.93. The molecule has 1 unspecified atom stereocenters. The molecular weight excluding hydrogens is 257 g/mol. The molecule has 0 amide bonds. The number of pyridine rings is 1. The summed E-state index contributed by atoms with van der Waals surface area (Å²) in [4.78, 5) is 3.93. The molecule has 2 N–H and O–H groups in total. The molecule has 3 nitrogen and oxygen atoms in total. The van der Waals surface area contributed by atoms with E-state index >= 15 is 0 Å². The third-order valence-corrected chi connectivity index (χ3v) is 2.81. The molecule has 0 aliphatic rings. The summed E-state index contributed by atoms with van der Waals surface area (Å²) >= 11 is 0. The minimum atomic E-state index is -4.42. The van der Waals surface area contributed by atoms with Crippen molar-refractivity contribution in [1.82, 2.24) is 4.98 Å². The molecule has 1 aromatic heterocycles. The summed E-state index contributed by atoms with van der Waals surface area (Å²) in [5.41, 5.74) is 6.34. The number of hydrogen-bond donors (Lipinski definition) is 1. The van der Waals surface area contributed by atoms with E-state index in [1.165, 1.54) is 6.20 Å². The van der Waals surface area contributed by atoms with Crippen molar-refractivity contribution in [3.8, 4) is 5.88 Å². The molecule has 0 aliphatic carbocycles. The smallest absolute Gasteiger partial charge is 0.425 e. The Morgan fingerprint density at radius 2 is 1.89 bits per heavy atom. The van der Waals surface area contributed by atoms with Crippen LogP contribution in [0.4, 0.5) is 13.2 Å². The van der Waals surface area contributed by atoms with Gasteiger partial charge in [0.15, 0.2) is 6.10 Å². The average Bonchev–Trinajstić information content (AvgIpc) is 2.38. The van der Waals surface area contributed by atoms with Crippen LogP contribution in [0.2, 0.25) is 0 Å².